The predicted octanol–water partition coefficient (Wildman–Crippen LogP) is 6.92. The summed E-state index contributed by atoms with van der Waals surface area (Å²) < 4.78 is 7.22. The standard InChI is InChI=1S/C32H21Br2N3O5/c33-24-13-18(14-25(34)30(24)42-16-17-9-11-19(12-10-17)37(40)41)15-35-36-31(38)28-26-20-5-1-2-6-21(20)27(29(28)32(36)39)23-8-4-3-7-22(23)26/h1-15,26-29H,16H2/b35-15-/t26?,27?,28-,29-/m1/s1. The molecule has 4 aromatic rings. The minimum absolute atomic E-state index is 0.0145. The van der Waals surface area contributed by atoms with Crippen molar-refractivity contribution >= 4 is 55.6 Å². The molecule has 0 unspecified atom stereocenters. The number of ether oxygens (including phenoxy) is 1. The van der Waals surface area contributed by atoms with Crippen molar-refractivity contribution in [2.45, 2.75) is 18.4 Å². The molecule has 4 aromatic carbocycles. The molecule has 8 nitrogen and oxygen atoms in total. The van der Waals surface area contributed by atoms with Crippen LogP contribution in [0.1, 0.15) is 45.2 Å². The van der Waals surface area contributed by atoms with Gasteiger partial charge in [0.25, 0.3) is 17.5 Å². The number of nitro groups is 1. The van der Waals surface area contributed by atoms with Crippen molar-refractivity contribution < 1.29 is 19.2 Å². The normalized spacial score (nSPS) is 21.8. The van der Waals surface area contributed by atoms with Crippen LogP contribution in [0.3, 0.4) is 0 Å². The van der Waals surface area contributed by atoms with E-state index in [1.54, 1.807) is 24.3 Å². The van der Waals surface area contributed by atoms with Crippen LogP contribution in [0.15, 0.2) is 99.0 Å². The molecule has 3 aliphatic carbocycles. The largest absolute Gasteiger partial charge is 0.487 e. The van der Waals surface area contributed by atoms with Gasteiger partial charge in [0.15, 0.2) is 0 Å². The zero-order valence-corrected chi connectivity index (χ0v) is 25.0. The fourth-order valence-electron chi connectivity index (χ4n) is 6.56. The summed E-state index contributed by atoms with van der Waals surface area (Å²) in [6.45, 7) is 0.204. The number of halogens is 2. The van der Waals surface area contributed by atoms with Crippen molar-refractivity contribution in [2.75, 3.05) is 0 Å². The van der Waals surface area contributed by atoms with E-state index in [0.29, 0.717) is 20.3 Å². The van der Waals surface area contributed by atoms with Crippen molar-refractivity contribution in [3.05, 3.63) is 137 Å². The predicted molar refractivity (Wildman–Crippen MR) is 162 cm³/mol. The molecule has 0 aromatic heterocycles. The lowest BCUT2D eigenvalue weighted by molar-refractivity contribution is -0.384. The van der Waals surface area contributed by atoms with E-state index in [2.05, 4.69) is 61.2 Å². The van der Waals surface area contributed by atoms with E-state index in [4.69, 9.17) is 4.74 Å². The second-order valence-electron chi connectivity index (χ2n) is 10.5. The Morgan fingerprint density at radius 2 is 1.29 bits per heavy atom. The molecule has 208 valence electrons. The molecule has 1 fully saturated rings. The van der Waals surface area contributed by atoms with Gasteiger partial charge >= 0.3 is 0 Å². The first kappa shape index (κ1) is 26.7. The summed E-state index contributed by atoms with van der Waals surface area (Å²) in [6, 6.07) is 26.0. The van der Waals surface area contributed by atoms with E-state index in [0.717, 1.165) is 32.8 Å². The van der Waals surface area contributed by atoms with E-state index in [1.807, 2.05) is 24.3 Å². The van der Waals surface area contributed by atoms with Crippen LogP contribution in [0.25, 0.3) is 0 Å². The second kappa shape index (κ2) is 10.3. The molecule has 1 heterocycles. The highest BCUT2D eigenvalue weighted by molar-refractivity contribution is 9.11. The fraction of sp³-hybridized carbons (Fsp3) is 0.156. The first-order valence-electron chi connectivity index (χ1n) is 13.3. The number of non-ortho nitro benzene ring substituents is 1. The Morgan fingerprint density at radius 3 is 1.74 bits per heavy atom. The Morgan fingerprint density at radius 1 is 0.810 bits per heavy atom. The van der Waals surface area contributed by atoms with Crippen LogP contribution in [0.5, 0.6) is 5.75 Å². The third-order valence-electron chi connectivity index (χ3n) is 8.30. The molecular formula is C32H21Br2N3O5. The molecule has 10 heteroatoms. The Kier molecular flexibility index (Phi) is 6.55. The summed E-state index contributed by atoms with van der Waals surface area (Å²) in [6.07, 6.45) is 1.50. The number of benzene rings is 4. The molecule has 4 aliphatic rings. The number of nitro benzene ring substituents is 1. The molecule has 0 radical (unpaired) electrons. The second-order valence-corrected chi connectivity index (χ2v) is 12.2. The van der Waals surface area contributed by atoms with Gasteiger partial charge in [-0.25, -0.2) is 0 Å². The van der Waals surface area contributed by atoms with Crippen molar-refractivity contribution in [3.8, 4) is 5.75 Å². The van der Waals surface area contributed by atoms with Gasteiger partial charge in [0.1, 0.15) is 12.4 Å². The number of hydrogen-bond acceptors (Lipinski definition) is 6. The maximum absolute atomic E-state index is 13.8. The molecule has 1 aliphatic heterocycles. The number of imide groups is 1. The summed E-state index contributed by atoms with van der Waals surface area (Å²) in [5.41, 5.74) is 5.91. The zero-order valence-electron chi connectivity index (χ0n) is 21.8. The minimum Gasteiger partial charge on any atom is -0.487 e. The van der Waals surface area contributed by atoms with Crippen LogP contribution >= 0.6 is 31.9 Å². The molecule has 0 saturated carbocycles. The molecule has 0 spiro atoms. The molecule has 2 atom stereocenters. The van der Waals surface area contributed by atoms with Gasteiger partial charge in [-0.15, -0.1) is 0 Å². The highest BCUT2D eigenvalue weighted by Gasteiger charge is 2.61. The highest BCUT2D eigenvalue weighted by atomic mass is 79.9. The average Bonchev–Trinajstić information content (AvgIpc) is 3.25. The van der Waals surface area contributed by atoms with Crippen LogP contribution in [0.4, 0.5) is 5.69 Å². The highest BCUT2D eigenvalue weighted by Crippen LogP contribution is 2.61. The SMILES string of the molecule is O=C1[C@@H]2C3c4ccccc4C(c4ccccc43)[C@H]2C(=O)N1/N=C\c1cc(Br)c(OCc2ccc([N+](=O)[O-])cc2)c(Br)c1. The molecule has 1 saturated heterocycles. The molecule has 42 heavy (non-hydrogen) atoms. The number of carbonyl (C=O) groups is 2. The molecule has 0 N–H and O–H groups in total. The first-order valence-corrected chi connectivity index (χ1v) is 14.9. The van der Waals surface area contributed by atoms with Crippen molar-refractivity contribution in [3.63, 3.8) is 0 Å². The lowest BCUT2D eigenvalue weighted by Crippen LogP contribution is -2.41. The Hall–Kier alpha value is -4.15. The summed E-state index contributed by atoms with van der Waals surface area (Å²) >= 11 is 7.07. The number of nitrogens with zero attached hydrogens (tertiary/aromatic N) is 3. The first-order chi connectivity index (χ1) is 20.3. The van der Waals surface area contributed by atoms with Crippen LogP contribution in [0, 0.1) is 22.0 Å². The van der Waals surface area contributed by atoms with Gasteiger partial charge in [0.05, 0.1) is 31.9 Å². The molecular weight excluding hydrogens is 666 g/mol. The number of carbonyl (C=O) groups excluding carboxylic acids is 2. The Bertz CT molecular complexity index is 1680. The van der Waals surface area contributed by atoms with E-state index in [1.165, 1.54) is 18.3 Å². The number of hydrogen-bond donors (Lipinski definition) is 0. The van der Waals surface area contributed by atoms with Crippen LogP contribution in [-0.4, -0.2) is 28.0 Å². The lowest BCUT2D eigenvalue weighted by atomic mass is 9.55. The Balaban J connectivity index is 1.13. The summed E-state index contributed by atoms with van der Waals surface area (Å²) in [5, 5.41) is 16.3. The van der Waals surface area contributed by atoms with Gasteiger partial charge in [-0.05, 0) is 89.5 Å². The van der Waals surface area contributed by atoms with E-state index in [9.17, 15) is 19.7 Å². The summed E-state index contributed by atoms with van der Waals surface area (Å²) in [4.78, 5) is 38.0. The van der Waals surface area contributed by atoms with Crippen molar-refractivity contribution in [1.29, 1.82) is 0 Å². The number of amides is 2. The smallest absolute Gasteiger partial charge is 0.269 e. The molecule has 2 amide bonds. The third-order valence-corrected chi connectivity index (χ3v) is 9.48. The molecule has 2 bridgehead atoms. The van der Waals surface area contributed by atoms with Gasteiger partial charge < -0.3 is 4.74 Å². The molecule has 8 rings (SSSR count). The van der Waals surface area contributed by atoms with Gasteiger partial charge in [-0.2, -0.15) is 10.1 Å². The topological polar surface area (TPSA) is 102 Å². The van der Waals surface area contributed by atoms with Crippen LogP contribution in [-0.2, 0) is 16.2 Å². The number of hydrazone groups is 1. The van der Waals surface area contributed by atoms with Crippen LogP contribution in [0.2, 0.25) is 0 Å². The minimum atomic E-state index is -0.488. The Labute approximate surface area is 257 Å². The quantitative estimate of drug-likeness (QED) is 0.0948. The summed E-state index contributed by atoms with van der Waals surface area (Å²) in [7, 11) is 0. The summed E-state index contributed by atoms with van der Waals surface area (Å²) in [5.74, 6) is -1.35. The zero-order chi connectivity index (χ0) is 29.1. The monoisotopic (exact) mass is 685 g/mol. The van der Waals surface area contributed by atoms with Crippen LogP contribution < -0.4 is 4.74 Å². The number of rotatable bonds is 6. The lowest BCUT2D eigenvalue weighted by Gasteiger charge is -2.45. The maximum atomic E-state index is 13.8. The van der Waals surface area contributed by atoms with E-state index < -0.39 is 16.8 Å². The van der Waals surface area contributed by atoms with Crippen molar-refractivity contribution in [2.24, 2.45) is 16.9 Å². The van der Waals surface area contributed by atoms with E-state index >= 15 is 0 Å². The van der Waals surface area contributed by atoms with Gasteiger partial charge in [0.2, 0.25) is 0 Å². The van der Waals surface area contributed by atoms with Gasteiger partial charge in [0, 0.05) is 24.0 Å². The fourth-order valence-corrected chi connectivity index (χ4v) is 8.01. The third kappa shape index (κ3) is 4.20. The van der Waals surface area contributed by atoms with Crippen molar-refractivity contribution in [1.82, 2.24) is 5.01 Å². The average molecular weight is 687 g/mol. The van der Waals surface area contributed by atoms with E-state index in [-0.39, 0.29) is 35.9 Å². The maximum Gasteiger partial charge on any atom is 0.269 e. The van der Waals surface area contributed by atoms with Gasteiger partial charge in [-0.1, -0.05) is 48.5 Å². The van der Waals surface area contributed by atoms with Gasteiger partial charge in [-0.3, -0.25) is 19.7 Å².